The molecule has 0 spiro atoms. The van der Waals surface area contributed by atoms with Crippen molar-refractivity contribution in [3.8, 4) is 5.75 Å². The summed E-state index contributed by atoms with van der Waals surface area (Å²) in [6, 6.07) is 7.58. The molecule has 1 aliphatic rings. The summed E-state index contributed by atoms with van der Waals surface area (Å²) in [5, 5.41) is 7.05. The first kappa shape index (κ1) is 17.0. The first-order valence-electron chi connectivity index (χ1n) is 8.25. The maximum absolute atomic E-state index is 12.5. The lowest BCUT2D eigenvalue weighted by Gasteiger charge is -2.20. The second-order valence-electron chi connectivity index (χ2n) is 6.15. The lowest BCUT2D eigenvalue weighted by molar-refractivity contribution is -0.141. The van der Waals surface area contributed by atoms with Gasteiger partial charge in [-0.15, -0.1) is 0 Å². The Morgan fingerprint density at radius 3 is 3.04 bits per heavy atom. The quantitative estimate of drug-likeness (QED) is 0.781. The third-order valence-electron chi connectivity index (χ3n) is 4.20. The predicted molar refractivity (Wildman–Crippen MR) is 93.5 cm³/mol. The monoisotopic (exact) mass is 342 g/mol. The van der Waals surface area contributed by atoms with Crippen molar-refractivity contribution in [2.24, 2.45) is 5.16 Å². The van der Waals surface area contributed by atoms with E-state index < -0.39 is 5.60 Å². The molecule has 7 nitrogen and oxygen atoms in total. The van der Waals surface area contributed by atoms with Gasteiger partial charge in [-0.2, -0.15) is 0 Å². The number of hydrogen-bond donors (Lipinski definition) is 1. The van der Waals surface area contributed by atoms with Gasteiger partial charge in [0.25, 0.3) is 5.91 Å². The van der Waals surface area contributed by atoms with Crippen molar-refractivity contribution >= 4 is 11.6 Å². The van der Waals surface area contributed by atoms with E-state index in [9.17, 15) is 4.79 Å². The van der Waals surface area contributed by atoms with E-state index in [0.717, 1.165) is 24.3 Å². The highest BCUT2D eigenvalue weighted by Gasteiger charge is 2.42. The zero-order chi connectivity index (χ0) is 17.7. The number of nitrogens with zero attached hydrogens (tertiary/aromatic N) is 3. The highest BCUT2D eigenvalue weighted by atomic mass is 16.7. The summed E-state index contributed by atoms with van der Waals surface area (Å²) in [7, 11) is 1.61. The number of para-hydroxylation sites is 1. The number of amides is 1. The predicted octanol–water partition coefficient (Wildman–Crippen LogP) is 1.98. The molecular weight excluding hydrogens is 320 g/mol. The number of imidazole rings is 1. The van der Waals surface area contributed by atoms with Crippen molar-refractivity contribution in [1.82, 2.24) is 14.9 Å². The Kier molecular flexibility index (Phi) is 5.02. The molecule has 0 bridgehead atoms. The lowest BCUT2D eigenvalue weighted by atomic mass is 9.94. The molecular formula is C18H22N4O3. The minimum absolute atomic E-state index is 0.160. The standard InChI is InChI=1S/C18H22N4O3/c1-18(17(23)20-8-5-10-22-11-9-19-13-22)12-15(21-25-18)14-6-3-4-7-16(14)24-2/h3-4,6-7,9,11,13H,5,8,10,12H2,1-2H3,(H,20,23)/t18-/m0/s1. The van der Waals surface area contributed by atoms with Gasteiger partial charge in [0.05, 0.1) is 19.1 Å². The van der Waals surface area contributed by atoms with E-state index in [0.29, 0.717) is 18.7 Å². The number of carbonyl (C=O) groups excluding carboxylic acids is 1. The molecule has 1 aliphatic heterocycles. The van der Waals surface area contributed by atoms with Crippen LogP contribution in [-0.4, -0.2) is 40.4 Å². The number of benzene rings is 1. The molecule has 1 N–H and O–H groups in total. The molecule has 0 unspecified atom stereocenters. The largest absolute Gasteiger partial charge is 0.496 e. The zero-order valence-electron chi connectivity index (χ0n) is 14.4. The Labute approximate surface area is 146 Å². The van der Waals surface area contributed by atoms with E-state index in [1.807, 2.05) is 35.0 Å². The van der Waals surface area contributed by atoms with E-state index >= 15 is 0 Å². The van der Waals surface area contributed by atoms with Crippen LogP contribution in [0.15, 0.2) is 48.1 Å². The summed E-state index contributed by atoms with van der Waals surface area (Å²) in [5.41, 5.74) is 0.570. The van der Waals surface area contributed by atoms with Gasteiger partial charge in [0.15, 0.2) is 0 Å². The van der Waals surface area contributed by atoms with Crippen LogP contribution >= 0.6 is 0 Å². The third kappa shape index (κ3) is 3.81. The second-order valence-corrected chi connectivity index (χ2v) is 6.15. The number of rotatable bonds is 7. The summed E-state index contributed by atoms with van der Waals surface area (Å²) in [5.74, 6) is 0.557. The van der Waals surface area contributed by atoms with Gasteiger partial charge in [-0.1, -0.05) is 17.3 Å². The summed E-state index contributed by atoms with van der Waals surface area (Å²) in [6.45, 7) is 3.13. The molecule has 7 heteroatoms. The third-order valence-corrected chi connectivity index (χ3v) is 4.20. The van der Waals surface area contributed by atoms with Crippen molar-refractivity contribution in [2.75, 3.05) is 13.7 Å². The molecule has 1 aromatic carbocycles. The molecule has 1 aromatic heterocycles. The molecule has 0 aliphatic carbocycles. The summed E-state index contributed by atoms with van der Waals surface area (Å²) >= 11 is 0. The highest BCUT2D eigenvalue weighted by molar-refractivity contribution is 6.07. The van der Waals surface area contributed by atoms with Gasteiger partial charge in [-0.3, -0.25) is 4.79 Å². The molecule has 132 valence electrons. The molecule has 25 heavy (non-hydrogen) atoms. The van der Waals surface area contributed by atoms with Crippen molar-refractivity contribution in [3.63, 3.8) is 0 Å². The number of aromatic nitrogens is 2. The van der Waals surface area contributed by atoms with Gasteiger partial charge in [0, 0.05) is 37.5 Å². The van der Waals surface area contributed by atoms with Gasteiger partial charge in [-0.05, 0) is 25.5 Å². The van der Waals surface area contributed by atoms with E-state index in [1.165, 1.54) is 0 Å². The minimum atomic E-state index is -0.995. The normalized spacial score (nSPS) is 19.2. The van der Waals surface area contributed by atoms with Crippen LogP contribution in [0.3, 0.4) is 0 Å². The number of ether oxygens (including phenoxy) is 1. The number of carbonyl (C=O) groups is 1. The van der Waals surface area contributed by atoms with Crippen LogP contribution in [0.5, 0.6) is 5.75 Å². The van der Waals surface area contributed by atoms with Crippen LogP contribution in [0.4, 0.5) is 0 Å². The van der Waals surface area contributed by atoms with Crippen LogP contribution in [0.1, 0.15) is 25.3 Å². The first-order valence-corrected chi connectivity index (χ1v) is 8.25. The Balaban J connectivity index is 1.53. The topological polar surface area (TPSA) is 77.7 Å². The average molecular weight is 342 g/mol. The fourth-order valence-corrected chi connectivity index (χ4v) is 2.76. The maximum atomic E-state index is 12.5. The number of methoxy groups -OCH3 is 1. The first-order chi connectivity index (χ1) is 12.1. The smallest absolute Gasteiger partial charge is 0.267 e. The number of hydrogen-bond acceptors (Lipinski definition) is 5. The van der Waals surface area contributed by atoms with Crippen molar-refractivity contribution in [2.45, 2.75) is 31.9 Å². The van der Waals surface area contributed by atoms with Gasteiger partial charge < -0.3 is 19.5 Å². The fraction of sp³-hybridized carbons (Fsp3) is 0.389. The Bertz CT molecular complexity index is 757. The summed E-state index contributed by atoms with van der Waals surface area (Å²) < 4.78 is 7.33. The second kappa shape index (κ2) is 7.38. The van der Waals surface area contributed by atoms with Gasteiger partial charge in [0.2, 0.25) is 5.60 Å². The molecule has 0 saturated carbocycles. The summed E-state index contributed by atoms with van der Waals surface area (Å²) in [6.07, 6.45) is 6.62. The summed E-state index contributed by atoms with van der Waals surface area (Å²) in [4.78, 5) is 22.0. The molecule has 2 aromatic rings. The number of nitrogens with one attached hydrogen (secondary N) is 1. The van der Waals surface area contributed by atoms with E-state index in [2.05, 4.69) is 15.5 Å². The van der Waals surface area contributed by atoms with E-state index in [-0.39, 0.29) is 5.91 Å². The van der Waals surface area contributed by atoms with Gasteiger partial charge in [0.1, 0.15) is 5.75 Å². The van der Waals surface area contributed by atoms with E-state index in [1.54, 1.807) is 26.6 Å². The van der Waals surface area contributed by atoms with Crippen LogP contribution in [0, 0.1) is 0 Å². The fourth-order valence-electron chi connectivity index (χ4n) is 2.76. The highest BCUT2D eigenvalue weighted by Crippen LogP contribution is 2.30. The molecule has 1 atom stereocenters. The molecule has 1 amide bonds. The zero-order valence-corrected chi connectivity index (χ0v) is 14.4. The van der Waals surface area contributed by atoms with Crippen molar-refractivity contribution < 1.29 is 14.4 Å². The number of oxime groups is 1. The minimum Gasteiger partial charge on any atom is -0.496 e. The molecule has 0 radical (unpaired) electrons. The Morgan fingerprint density at radius 1 is 1.44 bits per heavy atom. The van der Waals surface area contributed by atoms with Crippen LogP contribution < -0.4 is 10.1 Å². The Hall–Kier alpha value is -2.83. The van der Waals surface area contributed by atoms with Crippen LogP contribution in [0.25, 0.3) is 0 Å². The maximum Gasteiger partial charge on any atom is 0.267 e. The molecule has 0 saturated heterocycles. The molecule has 3 rings (SSSR count). The van der Waals surface area contributed by atoms with Crippen LogP contribution in [-0.2, 0) is 16.2 Å². The SMILES string of the molecule is COc1ccccc1C1=NO[C@](C)(C(=O)NCCCn2ccnc2)C1. The molecule has 2 heterocycles. The Morgan fingerprint density at radius 2 is 2.28 bits per heavy atom. The van der Waals surface area contributed by atoms with Crippen molar-refractivity contribution in [1.29, 1.82) is 0 Å². The lowest BCUT2D eigenvalue weighted by Crippen LogP contribution is -2.45. The van der Waals surface area contributed by atoms with E-state index in [4.69, 9.17) is 9.57 Å². The van der Waals surface area contributed by atoms with Crippen molar-refractivity contribution in [3.05, 3.63) is 48.5 Å². The number of aryl methyl sites for hydroxylation is 1. The van der Waals surface area contributed by atoms with Gasteiger partial charge >= 0.3 is 0 Å². The average Bonchev–Trinajstić information content (AvgIpc) is 3.29. The molecule has 0 fully saturated rings. The van der Waals surface area contributed by atoms with Gasteiger partial charge in [-0.25, -0.2) is 4.98 Å². The van der Waals surface area contributed by atoms with Crippen LogP contribution in [0.2, 0.25) is 0 Å².